The fourth-order valence-corrected chi connectivity index (χ4v) is 1.93. The molecule has 0 atom stereocenters. The fourth-order valence-electron chi connectivity index (χ4n) is 1.93. The number of hydrogen-bond donors (Lipinski definition) is 1. The van der Waals surface area contributed by atoms with E-state index in [9.17, 15) is 4.39 Å². The Hall–Kier alpha value is -2.17. The Balaban J connectivity index is 2.48. The molecule has 2 rings (SSSR count). The Morgan fingerprint density at radius 2 is 2.00 bits per heavy atom. The lowest BCUT2D eigenvalue weighted by atomic mass is 10.2. The van der Waals surface area contributed by atoms with Crippen LogP contribution in [0.3, 0.4) is 0 Å². The second-order valence-corrected chi connectivity index (χ2v) is 4.14. The van der Waals surface area contributed by atoms with Crippen LogP contribution in [0.25, 0.3) is 0 Å². The first kappa shape index (κ1) is 13.3. The quantitative estimate of drug-likeness (QED) is 0.917. The topological polar surface area (TPSA) is 41.1 Å². The molecule has 0 fully saturated rings. The summed E-state index contributed by atoms with van der Waals surface area (Å²) in [5.74, 6) is 0.959. The van der Waals surface area contributed by atoms with Crippen LogP contribution in [0.2, 0.25) is 0 Å². The summed E-state index contributed by atoms with van der Waals surface area (Å²) in [6, 6.07) is 8.53. The molecular formula is C14H17FN4. The van der Waals surface area contributed by atoms with E-state index in [1.807, 2.05) is 30.9 Å². The first-order valence-corrected chi connectivity index (χ1v) is 6.21. The molecule has 0 bridgehead atoms. The van der Waals surface area contributed by atoms with Crippen LogP contribution in [0, 0.1) is 12.7 Å². The average Bonchev–Trinajstić information content (AvgIpc) is 2.41. The van der Waals surface area contributed by atoms with E-state index in [0.29, 0.717) is 24.0 Å². The summed E-state index contributed by atoms with van der Waals surface area (Å²) in [6.45, 7) is 4.48. The number of nitrogens with one attached hydrogen (secondary N) is 1. The average molecular weight is 260 g/mol. The molecule has 2 aromatic rings. The first-order chi connectivity index (χ1) is 9.15. The van der Waals surface area contributed by atoms with Gasteiger partial charge in [0, 0.05) is 25.4 Å². The van der Waals surface area contributed by atoms with Crippen molar-refractivity contribution in [1.82, 2.24) is 9.97 Å². The van der Waals surface area contributed by atoms with Crippen molar-refractivity contribution in [2.75, 3.05) is 23.8 Å². The summed E-state index contributed by atoms with van der Waals surface area (Å²) in [7, 11) is 1.76. The van der Waals surface area contributed by atoms with Crippen molar-refractivity contribution >= 4 is 17.5 Å². The van der Waals surface area contributed by atoms with Gasteiger partial charge in [-0.05, 0) is 26.0 Å². The lowest BCUT2D eigenvalue weighted by Crippen LogP contribution is -2.19. The molecule has 1 N–H and O–H groups in total. The monoisotopic (exact) mass is 260 g/mol. The maximum Gasteiger partial charge on any atom is 0.224 e. The number of anilines is 3. The number of nitrogens with zero attached hydrogens (tertiary/aromatic N) is 3. The Morgan fingerprint density at radius 3 is 2.63 bits per heavy atom. The van der Waals surface area contributed by atoms with E-state index < -0.39 is 0 Å². The minimum atomic E-state index is -0.258. The van der Waals surface area contributed by atoms with Gasteiger partial charge in [0.15, 0.2) is 0 Å². The molecule has 0 unspecified atom stereocenters. The van der Waals surface area contributed by atoms with Gasteiger partial charge in [0.25, 0.3) is 0 Å². The highest BCUT2D eigenvalue weighted by molar-refractivity contribution is 5.61. The number of para-hydroxylation sites is 1. The zero-order valence-corrected chi connectivity index (χ0v) is 11.3. The van der Waals surface area contributed by atoms with Gasteiger partial charge in [0.1, 0.15) is 11.6 Å². The lowest BCUT2D eigenvalue weighted by Gasteiger charge is -2.23. The maximum atomic E-state index is 13.9. The van der Waals surface area contributed by atoms with Gasteiger partial charge in [-0.2, -0.15) is 4.98 Å². The van der Waals surface area contributed by atoms with Crippen molar-refractivity contribution in [1.29, 1.82) is 0 Å². The molecule has 1 heterocycles. The summed E-state index contributed by atoms with van der Waals surface area (Å²) >= 11 is 0. The van der Waals surface area contributed by atoms with Crippen LogP contribution < -0.4 is 10.2 Å². The highest BCUT2D eigenvalue weighted by Gasteiger charge is 2.14. The van der Waals surface area contributed by atoms with Gasteiger partial charge in [0.2, 0.25) is 5.95 Å². The standard InChI is InChI=1S/C14H17FN4/c1-4-19(12-8-6-5-7-11(12)15)13-9-10(2)17-14(16-3)18-13/h5-9H,4H2,1-3H3,(H,16,17,18). The molecule has 0 saturated carbocycles. The molecule has 5 heteroatoms. The zero-order valence-electron chi connectivity index (χ0n) is 11.3. The summed E-state index contributed by atoms with van der Waals surface area (Å²) in [4.78, 5) is 10.4. The van der Waals surface area contributed by atoms with Gasteiger partial charge in [-0.15, -0.1) is 0 Å². The predicted octanol–water partition coefficient (Wildman–Crippen LogP) is 3.12. The first-order valence-electron chi connectivity index (χ1n) is 6.21. The van der Waals surface area contributed by atoms with Crippen LogP contribution >= 0.6 is 0 Å². The number of benzene rings is 1. The highest BCUT2D eigenvalue weighted by Crippen LogP contribution is 2.26. The number of halogens is 1. The van der Waals surface area contributed by atoms with Crippen molar-refractivity contribution in [3.63, 3.8) is 0 Å². The van der Waals surface area contributed by atoms with E-state index in [4.69, 9.17) is 0 Å². The van der Waals surface area contributed by atoms with Crippen LogP contribution in [0.4, 0.5) is 21.8 Å². The highest BCUT2D eigenvalue weighted by atomic mass is 19.1. The summed E-state index contributed by atoms with van der Waals surface area (Å²) in [5.41, 5.74) is 1.36. The van der Waals surface area contributed by atoms with Gasteiger partial charge < -0.3 is 10.2 Å². The van der Waals surface area contributed by atoms with Crippen molar-refractivity contribution in [2.45, 2.75) is 13.8 Å². The molecule has 4 nitrogen and oxygen atoms in total. The zero-order chi connectivity index (χ0) is 13.8. The van der Waals surface area contributed by atoms with Crippen molar-refractivity contribution < 1.29 is 4.39 Å². The minimum Gasteiger partial charge on any atom is -0.357 e. The number of aromatic nitrogens is 2. The summed E-state index contributed by atoms with van der Waals surface area (Å²) in [5, 5.41) is 2.91. The number of aryl methyl sites for hydroxylation is 1. The minimum absolute atomic E-state index is 0.258. The van der Waals surface area contributed by atoms with Gasteiger partial charge in [0.05, 0.1) is 5.69 Å². The maximum absolute atomic E-state index is 13.9. The second kappa shape index (κ2) is 5.65. The molecule has 0 aliphatic heterocycles. The van der Waals surface area contributed by atoms with E-state index >= 15 is 0 Å². The second-order valence-electron chi connectivity index (χ2n) is 4.14. The van der Waals surface area contributed by atoms with Crippen molar-refractivity contribution in [2.24, 2.45) is 0 Å². The van der Waals surface area contributed by atoms with Gasteiger partial charge >= 0.3 is 0 Å². The molecule has 100 valence electrons. The smallest absolute Gasteiger partial charge is 0.224 e. The lowest BCUT2D eigenvalue weighted by molar-refractivity contribution is 0.625. The Bertz CT molecular complexity index is 571. The molecule has 0 saturated heterocycles. The van der Waals surface area contributed by atoms with Gasteiger partial charge in [-0.25, -0.2) is 9.37 Å². The Morgan fingerprint density at radius 1 is 1.26 bits per heavy atom. The van der Waals surface area contributed by atoms with E-state index in [1.165, 1.54) is 6.07 Å². The number of hydrogen-bond acceptors (Lipinski definition) is 4. The van der Waals surface area contributed by atoms with E-state index in [2.05, 4.69) is 15.3 Å². The molecule has 0 radical (unpaired) electrons. The van der Waals surface area contributed by atoms with E-state index in [1.54, 1.807) is 19.2 Å². The molecular weight excluding hydrogens is 243 g/mol. The van der Waals surface area contributed by atoms with Crippen molar-refractivity contribution in [3.05, 3.63) is 41.8 Å². The molecule has 1 aromatic carbocycles. The third-order valence-corrected chi connectivity index (χ3v) is 2.80. The molecule has 0 spiro atoms. The van der Waals surface area contributed by atoms with E-state index in [0.717, 1.165) is 5.69 Å². The third-order valence-electron chi connectivity index (χ3n) is 2.80. The molecule has 1 aromatic heterocycles. The van der Waals surface area contributed by atoms with Crippen molar-refractivity contribution in [3.8, 4) is 0 Å². The van der Waals surface area contributed by atoms with Crippen LogP contribution in [0.5, 0.6) is 0 Å². The predicted molar refractivity (Wildman–Crippen MR) is 75.4 cm³/mol. The normalized spacial score (nSPS) is 10.3. The largest absolute Gasteiger partial charge is 0.357 e. The van der Waals surface area contributed by atoms with Crippen LogP contribution in [-0.2, 0) is 0 Å². The van der Waals surface area contributed by atoms with Gasteiger partial charge in [-0.3, -0.25) is 0 Å². The third kappa shape index (κ3) is 2.81. The summed E-state index contributed by atoms with van der Waals surface area (Å²) < 4.78 is 13.9. The molecule has 0 aliphatic rings. The van der Waals surface area contributed by atoms with Gasteiger partial charge in [-0.1, -0.05) is 12.1 Å². The van der Waals surface area contributed by atoms with Crippen LogP contribution in [0.1, 0.15) is 12.6 Å². The Kier molecular flexibility index (Phi) is 3.94. The number of rotatable bonds is 4. The molecule has 0 aliphatic carbocycles. The Labute approximate surface area is 112 Å². The van der Waals surface area contributed by atoms with E-state index in [-0.39, 0.29) is 5.82 Å². The fraction of sp³-hybridized carbons (Fsp3) is 0.286. The molecule has 0 amide bonds. The molecule has 19 heavy (non-hydrogen) atoms. The van der Waals surface area contributed by atoms with Crippen LogP contribution in [-0.4, -0.2) is 23.6 Å². The SMILES string of the molecule is CCN(c1cc(C)nc(NC)n1)c1ccccc1F. The van der Waals surface area contributed by atoms with Crippen LogP contribution in [0.15, 0.2) is 30.3 Å². The summed E-state index contributed by atoms with van der Waals surface area (Å²) in [6.07, 6.45) is 0.